The van der Waals surface area contributed by atoms with Crippen molar-refractivity contribution in [1.82, 2.24) is 0 Å². The van der Waals surface area contributed by atoms with Crippen LogP contribution in [0.25, 0.3) is 0 Å². The summed E-state index contributed by atoms with van der Waals surface area (Å²) in [5.41, 5.74) is 8.82. The van der Waals surface area contributed by atoms with E-state index < -0.39 is 0 Å². The van der Waals surface area contributed by atoms with Crippen molar-refractivity contribution in [2.75, 3.05) is 12.3 Å². The number of nitrogens with zero attached hydrogens (tertiary/aromatic N) is 1. The summed E-state index contributed by atoms with van der Waals surface area (Å²) in [6.07, 6.45) is 0. The van der Waals surface area contributed by atoms with E-state index in [-0.39, 0.29) is 0 Å². The first-order valence-electron chi connectivity index (χ1n) is 5.44. The number of thioether (sulfide) groups is 1. The van der Waals surface area contributed by atoms with Crippen LogP contribution >= 0.6 is 11.8 Å². The molecule has 0 amide bonds. The molecule has 1 aromatic carbocycles. The Labute approximate surface area is 102 Å². The molecule has 0 radical (unpaired) electrons. The normalized spacial score (nSPS) is 12.1. The van der Waals surface area contributed by atoms with Crippen LogP contribution in [0, 0.1) is 24.2 Å². The van der Waals surface area contributed by atoms with Gasteiger partial charge < -0.3 is 5.73 Å². The molecule has 0 aliphatic heterocycles. The maximum atomic E-state index is 8.76. The Balaban J connectivity index is 2.52. The van der Waals surface area contributed by atoms with E-state index in [1.54, 1.807) is 0 Å². The van der Waals surface area contributed by atoms with Crippen LogP contribution in [0.2, 0.25) is 0 Å². The van der Waals surface area contributed by atoms with Crippen molar-refractivity contribution in [3.8, 4) is 6.07 Å². The maximum Gasteiger partial charge on any atom is 0.0991 e. The smallest absolute Gasteiger partial charge is 0.0991 e. The van der Waals surface area contributed by atoms with E-state index in [0.29, 0.717) is 5.92 Å². The van der Waals surface area contributed by atoms with Crippen LogP contribution in [0.15, 0.2) is 18.2 Å². The summed E-state index contributed by atoms with van der Waals surface area (Å²) in [6, 6.07) is 8.04. The van der Waals surface area contributed by atoms with E-state index in [9.17, 15) is 0 Å². The second-order valence-electron chi connectivity index (χ2n) is 4.11. The highest BCUT2D eigenvalue weighted by atomic mass is 32.2. The van der Waals surface area contributed by atoms with Crippen molar-refractivity contribution < 1.29 is 0 Å². The summed E-state index contributed by atoms with van der Waals surface area (Å²) in [5, 5.41) is 8.76. The van der Waals surface area contributed by atoms with E-state index in [2.05, 4.69) is 19.9 Å². The average molecular weight is 234 g/mol. The minimum absolute atomic E-state index is 0.573. The van der Waals surface area contributed by atoms with Gasteiger partial charge in [-0.1, -0.05) is 13.0 Å². The Bertz CT molecular complexity index is 382. The highest BCUT2D eigenvalue weighted by Gasteiger charge is 2.02. The minimum Gasteiger partial charge on any atom is -0.330 e. The fourth-order valence-corrected chi connectivity index (χ4v) is 2.57. The largest absolute Gasteiger partial charge is 0.330 e. The molecule has 3 heteroatoms. The molecular formula is C13H18N2S. The highest BCUT2D eigenvalue weighted by Crippen LogP contribution is 2.19. The number of rotatable bonds is 5. The molecule has 0 saturated carbocycles. The van der Waals surface area contributed by atoms with Gasteiger partial charge >= 0.3 is 0 Å². The number of nitrogens with two attached hydrogens (primary N) is 1. The Kier molecular flexibility index (Phi) is 5.37. The molecule has 16 heavy (non-hydrogen) atoms. The fraction of sp³-hybridized carbons (Fsp3) is 0.462. The fourth-order valence-electron chi connectivity index (χ4n) is 1.37. The van der Waals surface area contributed by atoms with Gasteiger partial charge in [-0.05, 0) is 48.4 Å². The summed E-state index contributed by atoms with van der Waals surface area (Å²) >= 11 is 1.90. The summed E-state index contributed by atoms with van der Waals surface area (Å²) in [4.78, 5) is 0. The van der Waals surface area contributed by atoms with E-state index in [0.717, 1.165) is 23.6 Å². The third kappa shape index (κ3) is 3.88. The lowest BCUT2D eigenvalue weighted by Gasteiger charge is -2.09. The van der Waals surface area contributed by atoms with Crippen molar-refractivity contribution in [3.05, 3.63) is 34.9 Å². The first-order chi connectivity index (χ1) is 7.67. The lowest BCUT2D eigenvalue weighted by atomic mass is 10.1. The molecular weight excluding hydrogens is 216 g/mol. The third-order valence-electron chi connectivity index (χ3n) is 2.53. The lowest BCUT2D eigenvalue weighted by molar-refractivity contribution is 0.675. The van der Waals surface area contributed by atoms with Gasteiger partial charge in [0.05, 0.1) is 11.6 Å². The van der Waals surface area contributed by atoms with Gasteiger partial charge in [0.1, 0.15) is 0 Å². The molecule has 0 fully saturated rings. The molecule has 0 bridgehead atoms. The number of nitriles is 1. The first kappa shape index (κ1) is 13.1. The van der Waals surface area contributed by atoms with Gasteiger partial charge in [0.15, 0.2) is 0 Å². The molecule has 0 aliphatic carbocycles. The predicted molar refractivity (Wildman–Crippen MR) is 70.3 cm³/mol. The molecule has 0 heterocycles. The van der Waals surface area contributed by atoms with Crippen LogP contribution < -0.4 is 5.73 Å². The highest BCUT2D eigenvalue weighted by molar-refractivity contribution is 7.98. The molecule has 0 aliphatic rings. The van der Waals surface area contributed by atoms with E-state index >= 15 is 0 Å². The molecule has 0 spiro atoms. The van der Waals surface area contributed by atoms with E-state index in [4.69, 9.17) is 11.0 Å². The van der Waals surface area contributed by atoms with Gasteiger partial charge in [0, 0.05) is 5.75 Å². The number of hydrogen-bond acceptors (Lipinski definition) is 3. The van der Waals surface area contributed by atoms with Gasteiger partial charge in [-0.3, -0.25) is 0 Å². The molecule has 0 saturated heterocycles. The molecule has 86 valence electrons. The SMILES string of the molecule is Cc1cc(C#N)ccc1CSCC(C)CN. The molecule has 0 aromatic heterocycles. The van der Waals surface area contributed by atoms with E-state index in [1.165, 1.54) is 11.1 Å². The number of aryl methyl sites for hydroxylation is 1. The van der Waals surface area contributed by atoms with Crippen LogP contribution in [0.1, 0.15) is 23.6 Å². The van der Waals surface area contributed by atoms with Crippen LogP contribution in [-0.2, 0) is 5.75 Å². The Morgan fingerprint density at radius 1 is 1.50 bits per heavy atom. The standard InChI is InChI=1S/C13H18N2S/c1-10(6-14)8-16-9-13-4-3-12(7-15)5-11(13)2/h3-5,10H,6,8-9,14H2,1-2H3. The zero-order chi connectivity index (χ0) is 12.0. The molecule has 1 atom stereocenters. The van der Waals surface area contributed by atoms with Gasteiger partial charge in [0.25, 0.3) is 0 Å². The Morgan fingerprint density at radius 3 is 2.81 bits per heavy atom. The predicted octanol–water partition coefficient (Wildman–Crippen LogP) is 2.69. The number of hydrogen-bond donors (Lipinski definition) is 1. The van der Waals surface area contributed by atoms with Crippen molar-refractivity contribution in [1.29, 1.82) is 5.26 Å². The Morgan fingerprint density at radius 2 is 2.25 bits per heavy atom. The Hall–Kier alpha value is -0.980. The quantitative estimate of drug-likeness (QED) is 0.852. The molecule has 1 rings (SSSR count). The molecule has 2 N–H and O–H groups in total. The second kappa shape index (κ2) is 6.57. The van der Waals surface area contributed by atoms with Crippen molar-refractivity contribution in [3.63, 3.8) is 0 Å². The van der Waals surface area contributed by atoms with Gasteiger partial charge in [-0.25, -0.2) is 0 Å². The molecule has 2 nitrogen and oxygen atoms in total. The summed E-state index contributed by atoms with van der Waals surface area (Å²) in [5.74, 6) is 2.67. The van der Waals surface area contributed by atoms with E-state index in [1.807, 2.05) is 30.0 Å². The third-order valence-corrected chi connectivity index (χ3v) is 3.85. The lowest BCUT2D eigenvalue weighted by Crippen LogP contribution is -2.12. The summed E-state index contributed by atoms with van der Waals surface area (Å²) in [6.45, 7) is 4.97. The van der Waals surface area contributed by atoms with Gasteiger partial charge in [0.2, 0.25) is 0 Å². The number of benzene rings is 1. The summed E-state index contributed by atoms with van der Waals surface area (Å²) < 4.78 is 0. The van der Waals surface area contributed by atoms with Crippen molar-refractivity contribution in [2.45, 2.75) is 19.6 Å². The van der Waals surface area contributed by atoms with Crippen LogP contribution in [0.4, 0.5) is 0 Å². The van der Waals surface area contributed by atoms with Crippen molar-refractivity contribution in [2.24, 2.45) is 11.7 Å². The molecule has 1 aromatic rings. The maximum absolute atomic E-state index is 8.76. The topological polar surface area (TPSA) is 49.8 Å². The summed E-state index contributed by atoms with van der Waals surface area (Å²) in [7, 11) is 0. The van der Waals surface area contributed by atoms with Crippen molar-refractivity contribution >= 4 is 11.8 Å². The van der Waals surface area contributed by atoms with Gasteiger partial charge in [-0.15, -0.1) is 0 Å². The first-order valence-corrected chi connectivity index (χ1v) is 6.60. The van der Waals surface area contributed by atoms with Crippen LogP contribution in [0.3, 0.4) is 0 Å². The second-order valence-corrected chi connectivity index (χ2v) is 5.14. The average Bonchev–Trinajstić information content (AvgIpc) is 2.30. The van der Waals surface area contributed by atoms with Crippen LogP contribution in [-0.4, -0.2) is 12.3 Å². The minimum atomic E-state index is 0.573. The monoisotopic (exact) mass is 234 g/mol. The zero-order valence-corrected chi connectivity index (χ0v) is 10.7. The molecule has 1 unspecified atom stereocenters. The van der Waals surface area contributed by atoms with Crippen LogP contribution in [0.5, 0.6) is 0 Å². The van der Waals surface area contributed by atoms with Gasteiger partial charge in [-0.2, -0.15) is 17.0 Å². The zero-order valence-electron chi connectivity index (χ0n) is 9.86.